The predicted octanol–water partition coefficient (Wildman–Crippen LogP) is 2.07. The van der Waals surface area contributed by atoms with Crippen LogP contribution in [0.2, 0.25) is 0 Å². The fourth-order valence-corrected chi connectivity index (χ4v) is 1.07. The first-order valence-corrected chi connectivity index (χ1v) is 5.18. The number of carbonyl (C=O) groups is 1. The Morgan fingerprint density at radius 2 is 1.88 bits per heavy atom. The van der Waals surface area contributed by atoms with Crippen LogP contribution in [0.3, 0.4) is 0 Å². The molecule has 0 aliphatic carbocycles. The molecule has 0 fully saturated rings. The van der Waals surface area contributed by atoms with E-state index < -0.39 is 36.8 Å². The Labute approximate surface area is 98.1 Å². The van der Waals surface area contributed by atoms with Gasteiger partial charge in [-0.1, -0.05) is 0 Å². The summed E-state index contributed by atoms with van der Waals surface area (Å²) in [6.07, 6.45) is -6.29. The van der Waals surface area contributed by atoms with E-state index in [1.165, 1.54) is 0 Å². The second-order valence-corrected chi connectivity index (χ2v) is 4.75. The summed E-state index contributed by atoms with van der Waals surface area (Å²) in [5, 5.41) is 10.9. The first-order valence-electron chi connectivity index (χ1n) is 5.18. The molecule has 17 heavy (non-hydrogen) atoms. The molecule has 0 saturated carbocycles. The monoisotopic (exact) mass is 257 g/mol. The van der Waals surface area contributed by atoms with Gasteiger partial charge in [0.15, 0.2) is 0 Å². The number of halogens is 3. The number of carbonyl (C=O) groups excluding carboxylic acids is 1. The van der Waals surface area contributed by atoms with Crippen LogP contribution in [0.25, 0.3) is 0 Å². The molecule has 4 nitrogen and oxygen atoms in total. The number of aliphatic hydroxyl groups is 1. The largest absolute Gasteiger partial charge is 0.444 e. The van der Waals surface area contributed by atoms with Crippen LogP contribution in [0.4, 0.5) is 18.0 Å². The summed E-state index contributed by atoms with van der Waals surface area (Å²) in [4.78, 5) is 11.1. The van der Waals surface area contributed by atoms with Crippen molar-refractivity contribution in [2.75, 3.05) is 13.2 Å². The molecule has 0 saturated heterocycles. The van der Waals surface area contributed by atoms with Gasteiger partial charge >= 0.3 is 12.3 Å². The summed E-state index contributed by atoms with van der Waals surface area (Å²) >= 11 is 0. The Bertz CT molecular complexity index is 248. The molecule has 2 N–H and O–H groups in total. The third kappa shape index (κ3) is 9.92. The third-order valence-electron chi connectivity index (χ3n) is 1.71. The van der Waals surface area contributed by atoms with Crippen molar-refractivity contribution in [1.82, 2.24) is 5.32 Å². The summed E-state index contributed by atoms with van der Waals surface area (Å²) < 4.78 is 40.9. The van der Waals surface area contributed by atoms with Crippen LogP contribution >= 0.6 is 0 Å². The fraction of sp³-hybridized carbons (Fsp3) is 0.900. The highest BCUT2D eigenvalue weighted by molar-refractivity contribution is 5.67. The lowest BCUT2D eigenvalue weighted by Gasteiger charge is -2.21. The molecule has 1 unspecified atom stereocenters. The van der Waals surface area contributed by atoms with Crippen LogP contribution in [0.1, 0.15) is 27.2 Å². The summed E-state index contributed by atoms with van der Waals surface area (Å²) in [5.74, 6) is -1.05. The lowest BCUT2D eigenvalue weighted by atomic mass is 10.1. The zero-order chi connectivity index (χ0) is 13.7. The van der Waals surface area contributed by atoms with Crippen molar-refractivity contribution >= 4 is 6.09 Å². The molecular weight excluding hydrogens is 239 g/mol. The average molecular weight is 257 g/mol. The number of aliphatic hydroxyl groups excluding tert-OH is 1. The lowest BCUT2D eigenvalue weighted by Crippen LogP contribution is -2.37. The van der Waals surface area contributed by atoms with E-state index in [-0.39, 0.29) is 6.54 Å². The van der Waals surface area contributed by atoms with Crippen LogP contribution in [0.15, 0.2) is 0 Å². The van der Waals surface area contributed by atoms with Crippen LogP contribution in [-0.2, 0) is 4.74 Å². The number of hydrogen-bond acceptors (Lipinski definition) is 3. The smallest absolute Gasteiger partial charge is 0.407 e. The van der Waals surface area contributed by atoms with Crippen molar-refractivity contribution in [1.29, 1.82) is 0 Å². The van der Waals surface area contributed by atoms with Crippen LogP contribution in [-0.4, -0.2) is 36.1 Å². The number of alkyl halides is 3. The van der Waals surface area contributed by atoms with Gasteiger partial charge in [-0.2, -0.15) is 13.2 Å². The van der Waals surface area contributed by atoms with Crippen molar-refractivity contribution in [3.05, 3.63) is 0 Å². The molecule has 1 amide bonds. The number of rotatable bonds is 4. The molecule has 7 heteroatoms. The summed E-state index contributed by atoms with van der Waals surface area (Å²) in [5.41, 5.74) is -0.706. The predicted molar refractivity (Wildman–Crippen MR) is 55.5 cm³/mol. The first-order chi connectivity index (χ1) is 7.53. The van der Waals surface area contributed by atoms with Gasteiger partial charge in [0.2, 0.25) is 0 Å². The molecule has 0 aromatic carbocycles. The summed E-state index contributed by atoms with van der Waals surface area (Å²) in [6, 6.07) is 0. The van der Waals surface area contributed by atoms with Crippen molar-refractivity contribution in [2.45, 2.75) is 39.0 Å². The number of ether oxygens (including phenoxy) is 1. The average Bonchev–Trinajstić information content (AvgIpc) is 2.07. The molecule has 0 bridgehead atoms. The van der Waals surface area contributed by atoms with Crippen molar-refractivity contribution < 1.29 is 27.8 Å². The third-order valence-corrected chi connectivity index (χ3v) is 1.71. The van der Waals surface area contributed by atoms with Gasteiger partial charge in [-0.05, 0) is 20.8 Å². The van der Waals surface area contributed by atoms with Crippen molar-refractivity contribution in [2.24, 2.45) is 5.92 Å². The molecular formula is C10H18F3NO3. The number of nitrogens with one attached hydrogen (secondary N) is 1. The van der Waals surface area contributed by atoms with E-state index in [0.717, 1.165) is 0 Å². The summed E-state index contributed by atoms with van der Waals surface area (Å²) in [7, 11) is 0. The highest BCUT2D eigenvalue weighted by atomic mass is 19.4. The standard InChI is InChI=1S/C10H18F3NO3/c1-9(2,3)17-8(16)14-5-7(6-15)4-10(11,12)13/h7,15H,4-6H2,1-3H3,(H,14,16). The maximum absolute atomic E-state index is 12.0. The van der Waals surface area contributed by atoms with E-state index >= 15 is 0 Å². The van der Waals surface area contributed by atoms with Gasteiger partial charge in [-0.25, -0.2) is 4.79 Å². The minimum atomic E-state index is -4.36. The Morgan fingerprint density at radius 3 is 2.24 bits per heavy atom. The molecule has 0 aromatic rings. The van der Waals surface area contributed by atoms with E-state index in [9.17, 15) is 18.0 Å². The van der Waals surface area contributed by atoms with Gasteiger partial charge in [0, 0.05) is 19.1 Å². The van der Waals surface area contributed by atoms with Crippen LogP contribution in [0, 0.1) is 5.92 Å². The van der Waals surface area contributed by atoms with Gasteiger partial charge in [0.1, 0.15) is 5.60 Å². The fourth-order valence-electron chi connectivity index (χ4n) is 1.07. The minimum Gasteiger partial charge on any atom is -0.444 e. The van der Waals surface area contributed by atoms with Gasteiger partial charge in [0.25, 0.3) is 0 Å². The lowest BCUT2D eigenvalue weighted by molar-refractivity contribution is -0.146. The zero-order valence-electron chi connectivity index (χ0n) is 10.1. The number of amides is 1. The Balaban J connectivity index is 4.03. The first kappa shape index (κ1) is 16.0. The quantitative estimate of drug-likeness (QED) is 0.810. The highest BCUT2D eigenvalue weighted by Gasteiger charge is 2.31. The van der Waals surface area contributed by atoms with E-state index in [0.29, 0.717) is 0 Å². The van der Waals surface area contributed by atoms with Crippen LogP contribution < -0.4 is 5.32 Å². The van der Waals surface area contributed by atoms with E-state index in [2.05, 4.69) is 5.32 Å². The molecule has 0 rings (SSSR count). The maximum atomic E-state index is 12.0. The number of hydrogen-bond donors (Lipinski definition) is 2. The molecule has 0 radical (unpaired) electrons. The Hall–Kier alpha value is -0.980. The topological polar surface area (TPSA) is 58.6 Å². The molecule has 0 heterocycles. The van der Waals surface area contributed by atoms with Gasteiger partial charge in [0.05, 0.1) is 6.42 Å². The van der Waals surface area contributed by atoms with Gasteiger partial charge < -0.3 is 15.2 Å². The van der Waals surface area contributed by atoms with E-state index in [4.69, 9.17) is 9.84 Å². The Kier molecular flexibility index (Phi) is 5.74. The molecule has 0 spiro atoms. The van der Waals surface area contributed by atoms with E-state index in [1.54, 1.807) is 20.8 Å². The van der Waals surface area contributed by atoms with Crippen molar-refractivity contribution in [3.8, 4) is 0 Å². The van der Waals surface area contributed by atoms with E-state index in [1.807, 2.05) is 0 Å². The summed E-state index contributed by atoms with van der Waals surface area (Å²) in [6.45, 7) is 4.02. The van der Waals surface area contributed by atoms with Gasteiger partial charge in [-0.3, -0.25) is 0 Å². The second kappa shape index (κ2) is 6.09. The van der Waals surface area contributed by atoms with Gasteiger partial charge in [-0.15, -0.1) is 0 Å². The molecule has 1 atom stereocenters. The Morgan fingerprint density at radius 1 is 1.35 bits per heavy atom. The normalized spacial score (nSPS) is 14.3. The SMILES string of the molecule is CC(C)(C)OC(=O)NCC(CO)CC(F)(F)F. The molecule has 102 valence electrons. The number of alkyl carbamates (subject to hydrolysis) is 1. The van der Waals surface area contributed by atoms with Crippen molar-refractivity contribution in [3.63, 3.8) is 0 Å². The molecule has 0 aromatic heterocycles. The second-order valence-electron chi connectivity index (χ2n) is 4.75. The minimum absolute atomic E-state index is 0.273. The van der Waals surface area contributed by atoms with Crippen LogP contribution in [0.5, 0.6) is 0 Å². The zero-order valence-corrected chi connectivity index (χ0v) is 10.1. The highest BCUT2D eigenvalue weighted by Crippen LogP contribution is 2.24. The maximum Gasteiger partial charge on any atom is 0.407 e. The molecule has 0 aliphatic heterocycles. The molecule has 0 aliphatic rings.